The van der Waals surface area contributed by atoms with Crippen molar-refractivity contribution in [1.29, 1.82) is 0 Å². The standard InChI is InChI=1S/C9H21NO5P/c1-6-14-16(12,15-7-2)8-9(11)10(3,4)13-5/h6-8H2,1-5H3/q+1. The number of carbonyl (C=O) groups excluding carboxylic acids is 1. The quantitative estimate of drug-likeness (QED) is 0.390. The number of nitrogens with zero attached hydrogens (tertiary/aromatic N) is 1. The predicted molar refractivity (Wildman–Crippen MR) is 59.8 cm³/mol. The summed E-state index contributed by atoms with van der Waals surface area (Å²) >= 11 is 0. The summed E-state index contributed by atoms with van der Waals surface area (Å²) in [7, 11) is 1.20. The molecule has 0 aliphatic rings. The highest BCUT2D eigenvalue weighted by Gasteiger charge is 2.37. The molecule has 0 N–H and O–H groups in total. The van der Waals surface area contributed by atoms with Crippen LogP contribution in [0.5, 0.6) is 0 Å². The fourth-order valence-electron chi connectivity index (χ4n) is 0.960. The fourth-order valence-corrected chi connectivity index (χ4v) is 2.68. The van der Waals surface area contributed by atoms with Gasteiger partial charge in [0.05, 0.1) is 20.3 Å². The summed E-state index contributed by atoms with van der Waals surface area (Å²) in [5.74, 6) is -0.354. The van der Waals surface area contributed by atoms with E-state index in [2.05, 4.69) is 0 Å². The lowest BCUT2D eigenvalue weighted by molar-refractivity contribution is -1.01. The van der Waals surface area contributed by atoms with E-state index in [-0.39, 0.29) is 29.9 Å². The molecule has 0 saturated heterocycles. The van der Waals surface area contributed by atoms with E-state index >= 15 is 0 Å². The molecule has 0 aromatic rings. The van der Waals surface area contributed by atoms with E-state index in [1.807, 2.05) is 0 Å². The summed E-state index contributed by atoms with van der Waals surface area (Å²) in [6.45, 7) is 3.88. The summed E-state index contributed by atoms with van der Waals surface area (Å²) in [6, 6.07) is 0. The van der Waals surface area contributed by atoms with Crippen molar-refractivity contribution in [1.82, 2.24) is 0 Å². The van der Waals surface area contributed by atoms with Crippen LogP contribution in [0.1, 0.15) is 13.8 Å². The largest absolute Gasteiger partial charge is 0.357 e. The lowest BCUT2D eigenvalue weighted by Crippen LogP contribution is -2.46. The van der Waals surface area contributed by atoms with Gasteiger partial charge in [-0.25, -0.2) is 4.79 Å². The normalized spacial score (nSPS) is 12.8. The molecule has 0 aliphatic carbocycles. The SMILES string of the molecule is CCOP(=O)(CC(=O)[N+](C)(C)OC)OCC. The zero-order valence-electron chi connectivity index (χ0n) is 10.6. The lowest BCUT2D eigenvalue weighted by Gasteiger charge is -2.24. The summed E-state index contributed by atoms with van der Waals surface area (Å²) in [6.07, 6.45) is -0.282. The molecular weight excluding hydrogens is 233 g/mol. The maximum atomic E-state index is 12.1. The summed E-state index contributed by atoms with van der Waals surface area (Å²) in [4.78, 5) is 16.7. The Hall–Kier alpha value is -0.260. The van der Waals surface area contributed by atoms with Crippen LogP contribution in [0.2, 0.25) is 0 Å². The third kappa shape index (κ3) is 4.72. The second-order valence-electron chi connectivity index (χ2n) is 3.53. The first-order valence-electron chi connectivity index (χ1n) is 5.12. The topological polar surface area (TPSA) is 61.8 Å². The molecule has 7 heteroatoms. The van der Waals surface area contributed by atoms with Gasteiger partial charge < -0.3 is 9.05 Å². The van der Waals surface area contributed by atoms with E-state index in [4.69, 9.17) is 13.9 Å². The second-order valence-corrected chi connectivity index (χ2v) is 5.59. The number of hydroxylamine groups is 3. The minimum atomic E-state index is -3.33. The molecule has 96 valence electrons. The van der Waals surface area contributed by atoms with E-state index in [0.29, 0.717) is 0 Å². The third-order valence-corrected chi connectivity index (χ3v) is 4.00. The lowest BCUT2D eigenvalue weighted by atomic mass is 10.6. The van der Waals surface area contributed by atoms with E-state index in [1.165, 1.54) is 7.11 Å². The zero-order valence-corrected chi connectivity index (χ0v) is 11.5. The maximum absolute atomic E-state index is 12.1. The molecule has 0 aromatic carbocycles. The fraction of sp³-hybridized carbons (Fsp3) is 0.889. The van der Waals surface area contributed by atoms with Crippen LogP contribution < -0.4 is 0 Å². The van der Waals surface area contributed by atoms with Crippen LogP contribution in [0, 0.1) is 0 Å². The minimum Gasteiger partial charge on any atom is -0.308 e. The highest BCUT2D eigenvalue weighted by atomic mass is 31.2. The molecule has 1 amide bonds. The van der Waals surface area contributed by atoms with Gasteiger partial charge in [0.2, 0.25) is 0 Å². The molecule has 0 unspecified atom stereocenters. The smallest absolute Gasteiger partial charge is 0.308 e. The molecular formula is C9H21NO5P+. The van der Waals surface area contributed by atoms with Gasteiger partial charge >= 0.3 is 13.5 Å². The number of hydrogen-bond donors (Lipinski definition) is 0. The molecule has 0 fully saturated rings. The number of rotatable bonds is 7. The van der Waals surface area contributed by atoms with Gasteiger partial charge in [-0.3, -0.25) is 4.57 Å². The van der Waals surface area contributed by atoms with Crippen molar-refractivity contribution in [3.05, 3.63) is 0 Å². The van der Waals surface area contributed by atoms with Crippen molar-refractivity contribution >= 4 is 13.5 Å². The molecule has 0 saturated carbocycles. The van der Waals surface area contributed by atoms with Crippen LogP contribution in [-0.2, 0) is 23.2 Å². The van der Waals surface area contributed by atoms with Crippen molar-refractivity contribution < 1.29 is 27.9 Å². The average molecular weight is 254 g/mol. The summed E-state index contributed by atoms with van der Waals surface area (Å²) < 4.78 is 21.8. The summed E-state index contributed by atoms with van der Waals surface area (Å²) in [5.41, 5.74) is 0. The van der Waals surface area contributed by atoms with Crippen LogP contribution in [0.15, 0.2) is 0 Å². The highest BCUT2D eigenvalue weighted by Crippen LogP contribution is 2.48. The van der Waals surface area contributed by atoms with E-state index < -0.39 is 7.60 Å². The Morgan fingerprint density at radius 2 is 1.62 bits per heavy atom. The molecule has 0 heterocycles. The Bertz CT molecular complexity index is 269. The maximum Gasteiger partial charge on any atom is 0.357 e. The van der Waals surface area contributed by atoms with Gasteiger partial charge in [-0.1, -0.05) is 0 Å². The number of carbonyl (C=O) groups is 1. The van der Waals surface area contributed by atoms with Crippen molar-refractivity contribution in [2.45, 2.75) is 13.8 Å². The third-order valence-electron chi connectivity index (χ3n) is 2.04. The van der Waals surface area contributed by atoms with Gasteiger partial charge in [-0.2, -0.15) is 4.84 Å². The van der Waals surface area contributed by atoms with Gasteiger partial charge in [-0.15, -0.1) is 4.65 Å². The number of amides is 1. The Morgan fingerprint density at radius 1 is 1.19 bits per heavy atom. The molecule has 0 rings (SSSR count). The van der Waals surface area contributed by atoms with Crippen LogP contribution >= 0.6 is 7.60 Å². The molecule has 16 heavy (non-hydrogen) atoms. The molecule has 0 spiro atoms. The second kappa shape index (κ2) is 6.47. The molecule has 0 aromatic heterocycles. The molecule has 6 nitrogen and oxygen atoms in total. The van der Waals surface area contributed by atoms with Gasteiger partial charge in [-0.05, 0) is 13.8 Å². The van der Waals surface area contributed by atoms with Crippen LogP contribution in [-0.4, -0.2) is 51.1 Å². The highest BCUT2D eigenvalue weighted by molar-refractivity contribution is 7.54. The Balaban J connectivity index is 4.64. The Kier molecular flexibility index (Phi) is 6.36. The molecule has 0 aliphatic heterocycles. The van der Waals surface area contributed by atoms with E-state index in [0.717, 1.165) is 0 Å². The number of quaternary nitrogens is 1. The predicted octanol–water partition coefficient (Wildman–Crippen LogP) is 1.42. The van der Waals surface area contributed by atoms with Crippen molar-refractivity contribution in [2.24, 2.45) is 0 Å². The van der Waals surface area contributed by atoms with E-state index in [1.54, 1.807) is 27.9 Å². The average Bonchev–Trinajstić information content (AvgIpc) is 2.18. The minimum absolute atomic E-state index is 0.241. The first kappa shape index (κ1) is 15.7. The van der Waals surface area contributed by atoms with Crippen molar-refractivity contribution in [3.8, 4) is 0 Å². The molecule has 0 atom stereocenters. The van der Waals surface area contributed by atoms with Gasteiger partial charge in [0.15, 0.2) is 6.16 Å². The van der Waals surface area contributed by atoms with Gasteiger partial charge in [0, 0.05) is 0 Å². The molecule has 0 radical (unpaired) electrons. The van der Waals surface area contributed by atoms with E-state index in [9.17, 15) is 9.36 Å². The van der Waals surface area contributed by atoms with Gasteiger partial charge in [0.25, 0.3) is 0 Å². The van der Waals surface area contributed by atoms with Crippen LogP contribution in [0.3, 0.4) is 0 Å². The zero-order chi connectivity index (χ0) is 12.8. The van der Waals surface area contributed by atoms with Gasteiger partial charge in [0.1, 0.15) is 14.1 Å². The Morgan fingerprint density at radius 3 is 1.94 bits per heavy atom. The first-order chi connectivity index (χ1) is 7.31. The molecule has 0 bridgehead atoms. The number of hydrogen-bond acceptors (Lipinski definition) is 5. The van der Waals surface area contributed by atoms with Crippen molar-refractivity contribution in [3.63, 3.8) is 0 Å². The monoisotopic (exact) mass is 254 g/mol. The van der Waals surface area contributed by atoms with Crippen LogP contribution in [0.4, 0.5) is 0 Å². The Labute approximate surface area is 96.5 Å². The van der Waals surface area contributed by atoms with Crippen LogP contribution in [0.25, 0.3) is 0 Å². The first-order valence-corrected chi connectivity index (χ1v) is 6.85. The van der Waals surface area contributed by atoms with Crippen molar-refractivity contribution in [2.75, 3.05) is 40.6 Å². The summed E-state index contributed by atoms with van der Waals surface area (Å²) in [5, 5.41) is 0.